The number of hydrogen-bond acceptors (Lipinski definition) is 1. The number of rotatable bonds is 4. The van der Waals surface area contributed by atoms with Crippen molar-refractivity contribution in [1.82, 2.24) is 5.32 Å². The van der Waals surface area contributed by atoms with Crippen molar-refractivity contribution in [3.8, 4) is 0 Å². The van der Waals surface area contributed by atoms with Crippen LogP contribution in [0.15, 0.2) is 24.3 Å². The Morgan fingerprint density at radius 1 is 1.21 bits per heavy atom. The number of benzene rings is 1. The first-order valence-electron chi connectivity index (χ1n) is 5.01. The second-order valence-electron chi connectivity index (χ2n) is 3.68. The Hall–Kier alpha value is -0.530. The van der Waals surface area contributed by atoms with Crippen LogP contribution in [0.4, 0.5) is 0 Å². The summed E-state index contributed by atoms with van der Waals surface area (Å²) in [6, 6.07) is 9.30. The summed E-state index contributed by atoms with van der Waals surface area (Å²) >= 11 is 0. The highest BCUT2D eigenvalue weighted by Gasteiger charge is 1.97. The molecule has 1 N–H and O–H groups in total. The van der Waals surface area contributed by atoms with Crippen LogP contribution in [0.2, 0.25) is 0 Å². The normalized spacial score (nSPS) is 11.9. The molecule has 0 aromatic heterocycles. The fourth-order valence-corrected chi connectivity index (χ4v) is 1.14. The molecule has 1 nitrogen and oxygen atoms in total. The van der Waals surface area contributed by atoms with Gasteiger partial charge in [0.25, 0.3) is 0 Å². The Kier molecular flexibility index (Phi) is 6.60. The van der Waals surface area contributed by atoms with Gasteiger partial charge in [0, 0.05) is 12.6 Å². The Bertz CT molecular complexity index is 243. The largest absolute Gasteiger partial charge is 0.310 e. The van der Waals surface area contributed by atoms with E-state index in [0.717, 1.165) is 6.54 Å². The number of hydrogen-bond donors (Lipinski definition) is 1. The fraction of sp³-hybridized carbons (Fsp3) is 0.500. The van der Waals surface area contributed by atoms with Crippen LogP contribution in [-0.2, 0) is 6.54 Å². The third-order valence-electron chi connectivity index (χ3n) is 2.39. The monoisotopic (exact) mass is 213 g/mol. The highest BCUT2D eigenvalue weighted by atomic mass is 35.5. The molecule has 0 saturated heterocycles. The van der Waals surface area contributed by atoms with E-state index in [0.29, 0.717) is 6.04 Å². The van der Waals surface area contributed by atoms with Gasteiger partial charge in [-0.05, 0) is 25.8 Å². The van der Waals surface area contributed by atoms with Gasteiger partial charge in [-0.1, -0.05) is 36.8 Å². The van der Waals surface area contributed by atoms with Crippen molar-refractivity contribution in [2.24, 2.45) is 0 Å². The van der Waals surface area contributed by atoms with Crippen LogP contribution in [0.3, 0.4) is 0 Å². The minimum atomic E-state index is 0. The summed E-state index contributed by atoms with van der Waals surface area (Å²) in [5.41, 5.74) is 2.69. The van der Waals surface area contributed by atoms with Crippen molar-refractivity contribution in [2.45, 2.75) is 39.8 Å². The summed E-state index contributed by atoms with van der Waals surface area (Å²) in [6.07, 6.45) is 1.19. The zero-order valence-corrected chi connectivity index (χ0v) is 10.0. The highest BCUT2D eigenvalue weighted by Crippen LogP contribution is 2.03. The summed E-state index contributed by atoms with van der Waals surface area (Å²) in [4.78, 5) is 0. The average molecular weight is 214 g/mol. The molecule has 1 aromatic carbocycles. The van der Waals surface area contributed by atoms with Gasteiger partial charge in [-0.3, -0.25) is 0 Å². The third-order valence-corrected chi connectivity index (χ3v) is 2.39. The molecule has 1 atom stereocenters. The van der Waals surface area contributed by atoms with E-state index < -0.39 is 0 Å². The minimum Gasteiger partial charge on any atom is -0.310 e. The van der Waals surface area contributed by atoms with E-state index in [2.05, 4.69) is 50.4 Å². The van der Waals surface area contributed by atoms with Gasteiger partial charge in [0.2, 0.25) is 0 Å². The van der Waals surface area contributed by atoms with Crippen LogP contribution < -0.4 is 5.32 Å². The molecule has 0 aliphatic heterocycles. The maximum atomic E-state index is 3.47. The van der Waals surface area contributed by atoms with Gasteiger partial charge < -0.3 is 5.32 Å². The zero-order chi connectivity index (χ0) is 9.68. The molecule has 0 radical (unpaired) electrons. The average Bonchev–Trinajstić information content (AvgIpc) is 2.16. The molecule has 0 heterocycles. The van der Waals surface area contributed by atoms with Crippen LogP contribution >= 0.6 is 12.4 Å². The SMILES string of the molecule is CCC(C)NCc1ccc(C)cc1.Cl. The van der Waals surface area contributed by atoms with Crippen LogP contribution in [0.1, 0.15) is 31.4 Å². The maximum Gasteiger partial charge on any atom is 0.0207 e. The summed E-state index contributed by atoms with van der Waals surface area (Å²) in [7, 11) is 0. The molecule has 0 aliphatic rings. The third kappa shape index (κ3) is 4.64. The van der Waals surface area contributed by atoms with Gasteiger partial charge >= 0.3 is 0 Å². The predicted molar refractivity (Wildman–Crippen MR) is 65.0 cm³/mol. The van der Waals surface area contributed by atoms with Crippen LogP contribution in [0.25, 0.3) is 0 Å². The summed E-state index contributed by atoms with van der Waals surface area (Å²) in [5.74, 6) is 0. The molecular weight excluding hydrogens is 194 g/mol. The van der Waals surface area contributed by atoms with E-state index in [1.165, 1.54) is 17.5 Å². The standard InChI is InChI=1S/C12H19N.ClH/c1-4-11(3)13-9-12-7-5-10(2)6-8-12;/h5-8,11,13H,4,9H2,1-3H3;1H. The van der Waals surface area contributed by atoms with Crippen molar-refractivity contribution in [3.05, 3.63) is 35.4 Å². The van der Waals surface area contributed by atoms with Gasteiger partial charge in [-0.25, -0.2) is 0 Å². The topological polar surface area (TPSA) is 12.0 Å². The number of halogens is 1. The van der Waals surface area contributed by atoms with Gasteiger partial charge in [0.1, 0.15) is 0 Å². The molecule has 14 heavy (non-hydrogen) atoms. The summed E-state index contributed by atoms with van der Waals surface area (Å²) < 4.78 is 0. The van der Waals surface area contributed by atoms with E-state index in [-0.39, 0.29) is 12.4 Å². The first-order valence-corrected chi connectivity index (χ1v) is 5.01. The maximum absolute atomic E-state index is 3.47. The number of nitrogens with one attached hydrogen (secondary N) is 1. The van der Waals surface area contributed by atoms with E-state index in [1.54, 1.807) is 0 Å². The Morgan fingerprint density at radius 3 is 2.29 bits per heavy atom. The molecule has 0 fully saturated rings. The zero-order valence-electron chi connectivity index (χ0n) is 9.21. The Balaban J connectivity index is 0.00000169. The lowest BCUT2D eigenvalue weighted by molar-refractivity contribution is 0.534. The summed E-state index contributed by atoms with van der Waals surface area (Å²) in [6.45, 7) is 7.52. The first-order chi connectivity index (χ1) is 6.22. The van der Waals surface area contributed by atoms with E-state index in [4.69, 9.17) is 0 Å². The van der Waals surface area contributed by atoms with Crippen molar-refractivity contribution in [1.29, 1.82) is 0 Å². The van der Waals surface area contributed by atoms with Crippen molar-refractivity contribution >= 4 is 12.4 Å². The number of aryl methyl sites for hydroxylation is 1. The Morgan fingerprint density at radius 2 is 1.79 bits per heavy atom. The van der Waals surface area contributed by atoms with Gasteiger partial charge in [-0.2, -0.15) is 0 Å². The second-order valence-corrected chi connectivity index (χ2v) is 3.68. The lowest BCUT2D eigenvalue weighted by Crippen LogP contribution is -2.24. The second kappa shape index (κ2) is 6.86. The van der Waals surface area contributed by atoms with E-state index >= 15 is 0 Å². The van der Waals surface area contributed by atoms with Crippen molar-refractivity contribution in [2.75, 3.05) is 0 Å². The Labute approximate surface area is 93.3 Å². The lowest BCUT2D eigenvalue weighted by atomic mass is 10.1. The molecule has 0 aliphatic carbocycles. The fourth-order valence-electron chi connectivity index (χ4n) is 1.14. The van der Waals surface area contributed by atoms with Crippen LogP contribution in [0.5, 0.6) is 0 Å². The van der Waals surface area contributed by atoms with Gasteiger partial charge in [-0.15, -0.1) is 12.4 Å². The molecule has 0 bridgehead atoms. The van der Waals surface area contributed by atoms with Crippen molar-refractivity contribution in [3.63, 3.8) is 0 Å². The minimum absolute atomic E-state index is 0. The van der Waals surface area contributed by atoms with Crippen LogP contribution in [0, 0.1) is 6.92 Å². The smallest absolute Gasteiger partial charge is 0.0207 e. The molecule has 1 aromatic rings. The van der Waals surface area contributed by atoms with E-state index in [9.17, 15) is 0 Å². The molecule has 80 valence electrons. The molecule has 0 spiro atoms. The van der Waals surface area contributed by atoms with Crippen LogP contribution in [-0.4, -0.2) is 6.04 Å². The first kappa shape index (κ1) is 13.5. The van der Waals surface area contributed by atoms with Gasteiger partial charge in [0.15, 0.2) is 0 Å². The predicted octanol–water partition coefficient (Wildman–Crippen LogP) is 3.30. The molecule has 1 rings (SSSR count). The lowest BCUT2D eigenvalue weighted by Gasteiger charge is -2.10. The molecule has 0 amide bonds. The highest BCUT2D eigenvalue weighted by molar-refractivity contribution is 5.85. The molecule has 0 saturated carbocycles. The summed E-state index contributed by atoms with van der Waals surface area (Å²) in [5, 5.41) is 3.47. The van der Waals surface area contributed by atoms with E-state index in [1.807, 2.05) is 0 Å². The quantitative estimate of drug-likeness (QED) is 0.810. The van der Waals surface area contributed by atoms with Gasteiger partial charge in [0.05, 0.1) is 0 Å². The van der Waals surface area contributed by atoms with Crippen molar-refractivity contribution < 1.29 is 0 Å². The molecule has 2 heteroatoms. The molecule has 1 unspecified atom stereocenters. The molecular formula is C12H20ClN.